The summed E-state index contributed by atoms with van der Waals surface area (Å²) in [6.07, 6.45) is 0.318. The lowest BCUT2D eigenvalue weighted by Gasteiger charge is -2.10. The van der Waals surface area contributed by atoms with Crippen LogP contribution in [0.1, 0.15) is 18.9 Å². The molecule has 1 aromatic carbocycles. The van der Waals surface area contributed by atoms with Crippen molar-refractivity contribution in [3.05, 3.63) is 41.3 Å². The topological polar surface area (TPSA) is 20.2 Å². The first-order valence-electron chi connectivity index (χ1n) is 4.75. The van der Waals surface area contributed by atoms with Crippen molar-refractivity contribution in [3.63, 3.8) is 0 Å². The average Bonchev–Trinajstić information content (AvgIpc) is 2.20. The summed E-state index contributed by atoms with van der Waals surface area (Å²) in [5, 5.41) is 9.52. The van der Waals surface area contributed by atoms with Gasteiger partial charge in [0.05, 0.1) is 6.10 Å². The lowest BCUT2D eigenvalue weighted by molar-refractivity contribution is 0.216. The van der Waals surface area contributed by atoms with E-state index in [0.29, 0.717) is 0 Å². The molecule has 0 aliphatic heterocycles. The van der Waals surface area contributed by atoms with Crippen LogP contribution in [0.25, 0.3) is 0 Å². The molecule has 0 unspecified atom stereocenters. The highest BCUT2D eigenvalue weighted by Crippen LogP contribution is 2.28. The third kappa shape index (κ3) is 3.20. The standard InChI is InChI=1S/C12H16OS/c1-4-12(13)10(3)14-11-7-5-9(2)6-8-11/h5-8,12-13H,3-4H2,1-2H3/t12-/m1/s1. The van der Waals surface area contributed by atoms with Crippen LogP contribution in [0.2, 0.25) is 0 Å². The Bertz CT molecular complexity index is 303. The summed E-state index contributed by atoms with van der Waals surface area (Å²) in [5.41, 5.74) is 1.25. The Balaban J connectivity index is 2.60. The maximum absolute atomic E-state index is 9.52. The molecule has 14 heavy (non-hydrogen) atoms. The van der Waals surface area contributed by atoms with Crippen LogP contribution in [-0.4, -0.2) is 11.2 Å². The molecule has 1 aromatic rings. The summed E-state index contributed by atoms with van der Waals surface area (Å²) in [6, 6.07) is 8.23. The minimum atomic E-state index is -0.402. The fourth-order valence-electron chi connectivity index (χ4n) is 1.05. The molecule has 0 radical (unpaired) electrons. The smallest absolute Gasteiger partial charge is 0.0843 e. The Kier molecular flexibility index (Phi) is 4.23. The largest absolute Gasteiger partial charge is 0.388 e. The third-order valence-electron chi connectivity index (χ3n) is 2.03. The van der Waals surface area contributed by atoms with Crippen LogP contribution in [0, 0.1) is 6.92 Å². The maximum Gasteiger partial charge on any atom is 0.0843 e. The highest BCUT2D eigenvalue weighted by atomic mass is 32.2. The Morgan fingerprint density at radius 1 is 1.43 bits per heavy atom. The highest BCUT2D eigenvalue weighted by molar-refractivity contribution is 8.03. The molecule has 1 atom stereocenters. The summed E-state index contributed by atoms with van der Waals surface area (Å²) in [4.78, 5) is 1.95. The van der Waals surface area contributed by atoms with Gasteiger partial charge in [0, 0.05) is 9.80 Å². The normalized spacial score (nSPS) is 12.5. The fourth-order valence-corrected chi connectivity index (χ4v) is 1.93. The van der Waals surface area contributed by atoms with E-state index in [4.69, 9.17) is 0 Å². The van der Waals surface area contributed by atoms with Gasteiger partial charge in [0.2, 0.25) is 0 Å². The van der Waals surface area contributed by atoms with Crippen LogP contribution in [0.3, 0.4) is 0 Å². The monoisotopic (exact) mass is 208 g/mol. The molecule has 1 N–H and O–H groups in total. The summed E-state index contributed by atoms with van der Waals surface area (Å²) in [6.45, 7) is 7.87. The quantitative estimate of drug-likeness (QED) is 0.765. The van der Waals surface area contributed by atoms with E-state index in [2.05, 4.69) is 25.6 Å². The molecule has 0 saturated carbocycles. The summed E-state index contributed by atoms with van der Waals surface area (Å²) in [7, 11) is 0. The lowest BCUT2D eigenvalue weighted by atomic mass is 10.2. The Hall–Kier alpha value is -0.730. The van der Waals surface area contributed by atoms with Crippen molar-refractivity contribution in [2.45, 2.75) is 31.3 Å². The van der Waals surface area contributed by atoms with Crippen molar-refractivity contribution in [1.29, 1.82) is 0 Å². The minimum absolute atomic E-state index is 0.402. The molecule has 0 saturated heterocycles. The van der Waals surface area contributed by atoms with Gasteiger partial charge in [-0.25, -0.2) is 0 Å². The first-order valence-corrected chi connectivity index (χ1v) is 5.56. The van der Waals surface area contributed by atoms with Gasteiger partial charge < -0.3 is 5.11 Å². The Labute approximate surface area is 89.8 Å². The zero-order chi connectivity index (χ0) is 10.6. The molecule has 1 rings (SSSR count). The van der Waals surface area contributed by atoms with Crippen LogP contribution in [-0.2, 0) is 0 Å². The Morgan fingerprint density at radius 2 is 2.00 bits per heavy atom. The van der Waals surface area contributed by atoms with E-state index in [0.717, 1.165) is 16.2 Å². The highest BCUT2D eigenvalue weighted by Gasteiger charge is 2.07. The van der Waals surface area contributed by atoms with Crippen LogP contribution in [0.4, 0.5) is 0 Å². The molecule has 0 amide bonds. The molecule has 1 nitrogen and oxygen atoms in total. The molecular weight excluding hydrogens is 192 g/mol. The van der Waals surface area contributed by atoms with Gasteiger partial charge in [-0.2, -0.15) is 0 Å². The van der Waals surface area contributed by atoms with Crippen molar-refractivity contribution in [1.82, 2.24) is 0 Å². The number of hydrogen-bond acceptors (Lipinski definition) is 2. The second kappa shape index (κ2) is 5.23. The molecule has 76 valence electrons. The molecule has 2 heteroatoms. The number of benzene rings is 1. The molecular formula is C12H16OS. The first kappa shape index (κ1) is 11.3. The zero-order valence-corrected chi connectivity index (χ0v) is 9.47. The van der Waals surface area contributed by atoms with E-state index in [-0.39, 0.29) is 0 Å². The van der Waals surface area contributed by atoms with Crippen molar-refractivity contribution in [3.8, 4) is 0 Å². The van der Waals surface area contributed by atoms with Crippen molar-refractivity contribution < 1.29 is 5.11 Å². The maximum atomic E-state index is 9.52. The Morgan fingerprint density at radius 3 is 2.50 bits per heavy atom. The number of hydrogen-bond donors (Lipinski definition) is 1. The summed E-state index contributed by atoms with van der Waals surface area (Å²) in [5.74, 6) is 0. The first-order chi connectivity index (χ1) is 6.63. The van der Waals surface area contributed by atoms with Gasteiger partial charge in [-0.3, -0.25) is 0 Å². The molecule has 0 aliphatic rings. The predicted octanol–water partition coefficient (Wildman–Crippen LogP) is 3.37. The second-order valence-corrected chi connectivity index (χ2v) is 4.51. The lowest BCUT2D eigenvalue weighted by Crippen LogP contribution is -2.04. The third-order valence-corrected chi connectivity index (χ3v) is 3.07. The van der Waals surface area contributed by atoms with Crippen molar-refractivity contribution in [2.75, 3.05) is 0 Å². The van der Waals surface area contributed by atoms with Gasteiger partial charge in [-0.15, -0.1) is 0 Å². The molecule has 0 fully saturated rings. The summed E-state index contributed by atoms with van der Waals surface area (Å²) < 4.78 is 0. The van der Waals surface area contributed by atoms with Crippen LogP contribution < -0.4 is 0 Å². The van der Waals surface area contributed by atoms with Gasteiger partial charge in [-0.1, -0.05) is 43.0 Å². The number of rotatable bonds is 4. The van der Waals surface area contributed by atoms with E-state index in [1.807, 2.05) is 19.1 Å². The number of aliphatic hydroxyl groups is 1. The van der Waals surface area contributed by atoms with E-state index in [1.54, 1.807) is 11.8 Å². The van der Waals surface area contributed by atoms with Crippen molar-refractivity contribution >= 4 is 11.8 Å². The SMILES string of the molecule is C=C(Sc1ccc(C)cc1)[C@H](O)CC. The zero-order valence-electron chi connectivity index (χ0n) is 8.66. The van der Waals surface area contributed by atoms with E-state index in [9.17, 15) is 5.11 Å². The van der Waals surface area contributed by atoms with Crippen LogP contribution >= 0.6 is 11.8 Å². The van der Waals surface area contributed by atoms with Gasteiger partial charge in [0.1, 0.15) is 0 Å². The molecule has 0 heterocycles. The van der Waals surface area contributed by atoms with E-state index in [1.165, 1.54) is 5.56 Å². The van der Waals surface area contributed by atoms with Crippen molar-refractivity contribution in [2.24, 2.45) is 0 Å². The molecule has 0 aromatic heterocycles. The van der Waals surface area contributed by atoms with Gasteiger partial charge in [0.25, 0.3) is 0 Å². The summed E-state index contributed by atoms with van der Waals surface area (Å²) >= 11 is 1.54. The molecule has 0 spiro atoms. The number of aliphatic hydroxyl groups excluding tert-OH is 1. The number of aryl methyl sites for hydroxylation is 1. The number of thioether (sulfide) groups is 1. The van der Waals surface area contributed by atoms with Gasteiger partial charge in [0.15, 0.2) is 0 Å². The average molecular weight is 208 g/mol. The van der Waals surface area contributed by atoms with Gasteiger partial charge in [-0.05, 0) is 25.5 Å². The van der Waals surface area contributed by atoms with E-state index < -0.39 is 6.10 Å². The van der Waals surface area contributed by atoms with Gasteiger partial charge >= 0.3 is 0 Å². The molecule has 0 bridgehead atoms. The predicted molar refractivity (Wildman–Crippen MR) is 62.5 cm³/mol. The second-order valence-electron chi connectivity index (χ2n) is 3.31. The molecule has 0 aliphatic carbocycles. The van der Waals surface area contributed by atoms with Crippen LogP contribution in [0.15, 0.2) is 40.6 Å². The minimum Gasteiger partial charge on any atom is -0.388 e. The van der Waals surface area contributed by atoms with Crippen LogP contribution in [0.5, 0.6) is 0 Å². The van der Waals surface area contributed by atoms with E-state index >= 15 is 0 Å². The fraction of sp³-hybridized carbons (Fsp3) is 0.333.